The summed E-state index contributed by atoms with van der Waals surface area (Å²) in [5.74, 6) is -2.02. The standard InChI is InChI=1S/C13H24N4O4/c1-2-7-17(9-3-5-15-6-4-9)13(21)16-10(12(19)20)8-11(14)18/h9-10,15H,2-8H2,1H3,(H2,14,18)(H,16,21)(H,19,20)/t10-/m1/s1. The lowest BCUT2D eigenvalue weighted by molar-refractivity contribution is -0.141. The monoisotopic (exact) mass is 300 g/mol. The maximum atomic E-state index is 12.3. The van der Waals surface area contributed by atoms with Crippen molar-refractivity contribution in [3.05, 3.63) is 0 Å². The van der Waals surface area contributed by atoms with Crippen molar-refractivity contribution < 1.29 is 19.5 Å². The van der Waals surface area contributed by atoms with Crippen LogP contribution in [-0.4, -0.2) is 59.6 Å². The average molecular weight is 300 g/mol. The van der Waals surface area contributed by atoms with Crippen LogP contribution in [0, 0.1) is 0 Å². The Morgan fingerprint density at radius 1 is 1.38 bits per heavy atom. The van der Waals surface area contributed by atoms with Crippen LogP contribution in [0.15, 0.2) is 0 Å². The topological polar surface area (TPSA) is 125 Å². The number of amides is 3. The molecule has 1 rings (SSSR count). The summed E-state index contributed by atoms with van der Waals surface area (Å²) in [7, 11) is 0. The zero-order valence-corrected chi connectivity index (χ0v) is 12.3. The summed E-state index contributed by atoms with van der Waals surface area (Å²) < 4.78 is 0. The number of carbonyl (C=O) groups excluding carboxylic acids is 2. The van der Waals surface area contributed by atoms with Crippen LogP contribution in [-0.2, 0) is 9.59 Å². The fourth-order valence-corrected chi connectivity index (χ4v) is 2.44. The zero-order chi connectivity index (χ0) is 15.8. The number of nitrogens with two attached hydrogens (primary N) is 1. The largest absolute Gasteiger partial charge is 0.480 e. The minimum Gasteiger partial charge on any atom is -0.480 e. The van der Waals surface area contributed by atoms with Crippen molar-refractivity contribution in [2.75, 3.05) is 19.6 Å². The molecule has 8 heteroatoms. The first-order valence-corrected chi connectivity index (χ1v) is 7.24. The van der Waals surface area contributed by atoms with Crippen LogP contribution < -0.4 is 16.4 Å². The molecule has 0 radical (unpaired) electrons. The van der Waals surface area contributed by atoms with Crippen molar-refractivity contribution >= 4 is 17.9 Å². The molecule has 21 heavy (non-hydrogen) atoms. The number of hydrogen-bond acceptors (Lipinski definition) is 4. The summed E-state index contributed by atoms with van der Waals surface area (Å²) >= 11 is 0. The molecule has 0 saturated carbocycles. The van der Waals surface area contributed by atoms with E-state index in [-0.39, 0.29) is 6.04 Å². The molecular formula is C13H24N4O4. The van der Waals surface area contributed by atoms with E-state index >= 15 is 0 Å². The van der Waals surface area contributed by atoms with Gasteiger partial charge in [-0.15, -0.1) is 0 Å². The van der Waals surface area contributed by atoms with Crippen LogP contribution in [0.5, 0.6) is 0 Å². The Kier molecular flexibility index (Phi) is 6.93. The van der Waals surface area contributed by atoms with Crippen molar-refractivity contribution in [2.24, 2.45) is 5.73 Å². The van der Waals surface area contributed by atoms with Gasteiger partial charge in [0, 0.05) is 12.6 Å². The molecule has 3 amide bonds. The van der Waals surface area contributed by atoms with E-state index in [2.05, 4.69) is 10.6 Å². The van der Waals surface area contributed by atoms with Crippen LogP contribution in [0.25, 0.3) is 0 Å². The first-order valence-electron chi connectivity index (χ1n) is 7.24. The average Bonchev–Trinajstić information content (AvgIpc) is 2.44. The van der Waals surface area contributed by atoms with Crippen molar-refractivity contribution in [1.82, 2.24) is 15.5 Å². The molecule has 5 N–H and O–H groups in total. The van der Waals surface area contributed by atoms with Gasteiger partial charge in [-0.3, -0.25) is 4.79 Å². The van der Waals surface area contributed by atoms with Crippen molar-refractivity contribution in [3.63, 3.8) is 0 Å². The van der Waals surface area contributed by atoms with Gasteiger partial charge in [-0.1, -0.05) is 6.92 Å². The fraction of sp³-hybridized carbons (Fsp3) is 0.769. The van der Waals surface area contributed by atoms with Gasteiger partial charge in [0.15, 0.2) is 0 Å². The number of nitrogens with zero attached hydrogens (tertiary/aromatic N) is 1. The van der Waals surface area contributed by atoms with Crippen LogP contribution in [0.1, 0.15) is 32.6 Å². The molecule has 0 unspecified atom stereocenters. The number of carboxylic acids is 1. The van der Waals surface area contributed by atoms with E-state index in [1.54, 1.807) is 4.90 Å². The van der Waals surface area contributed by atoms with E-state index in [1.165, 1.54) is 0 Å². The molecule has 0 aromatic carbocycles. The minimum absolute atomic E-state index is 0.0919. The summed E-state index contributed by atoms with van der Waals surface area (Å²) in [6.07, 6.45) is 2.04. The maximum Gasteiger partial charge on any atom is 0.326 e. The van der Waals surface area contributed by atoms with E-state index < -0.39 is 30.4 Å². The van der Waals surface area contributed by atoms with Crippen LogP contribution in [0.3, 0.4) is 0 Å². The number of carbonyl (C=O) groups is 3. The molecule has 8 nitrogen and oxygen atoms in total. The highest BCUT2D eigenvalue weighted by molar-refractivity contribution is 5.87. The van der Waals surface area contributed by atoms with Gasteiger partial charge in [0.2, 0.25) is 5.91 Å². The van der Waals surface area contributed by atoms with E-state index in [9.17, 15) is 14.4 Å². The highest BCUT2D eigenvalue weighted by Gasteiger charge is 2.29. The van der Waals surface area contributed by atoms with Gasteiger partial charge in [-0.05, 0) is 32.4 Å². The first kappa shape index (κ1) is 17.2. The minimum atomic E-state index is -1.28. The van der Waals surface area contributed by atoms with Gasteiger partial charge < -0.3 is 26.4 Å². The number of primary amides is 1. The molecule has 1 fully saturated rings. The molecule has 0 aliphatic carbocycles. The molecule has 1 atom stereocenters. The SMILES string of the molecule is CCCN(C(=O)N[C@H](CC(N)=O)C(=O)O)C1CCNCC1. The smallest absolute Gasteiger partial charge is 0.326 e. The maximum absolute atomic E-state index is 12.3. The molecule has 0 spiro atoms. The van der Waals surface area contributed by atoms with Gasteiger partial charge in [0.25, 0.3) is 0 Å². The highest BCUT2D eigenvalue weighted by Crippen LogP contribution is 2.13. The number of nitrogens with one attached hydrogen (secondary N) is 2. The Bertz CT molecular complexity index is 382. The van der Waals surface area contributed by atoms with Gasteiger partial charge in [-0.2, -0.15) is 0 Å². The summed E-state index contributed by atoms with van der Waals surface area (Å²) in [6, 6.07) is -1.64. The van der Waals surface area contributed by atoms with Crippen molar-refractivity contribution in [3.8, 4) is 0 Å². The summed E-state index contributed by atoms with van der Waals surface area (Å²) in [5, 5.41) is 14.7. The summed E-state index contributed by atoms with van der Waals surface area (Å²) in [5.41, 5.74) is 5.01. The van der Waals surface area contributed by atoms with E-state index in [1.807, 2.05) is 6.92 Å². The second-order valence-electron chi connectivity index (χ2n) is 5.19. The zero-order valence-electron chi connectivity index (χ0n) is 12.3. The normalized spacial score (nSPS) is 17.0. The number of urea groups is 1. The van der Waals surface area contributed by atoms with E-state index in [0.29, 0.717) is 6.54 Å². The van der Waals surface area contributed by atoms with Gasteiger partial charge >= 0.3 is 12.0 Å². The molecular weight excluding hydrogens is 276 g/mol. The molecule has 1 heterocycles. The third-order valence-electron chi connectivity index (χ3n) is 3.48. The Morgan fingerprint density at radius 3 is 2.48 bits per heavy atom. The molecule has 1 saturated heterocycles. The molecule has 120 valence electrons. The molecule has 0 aromatic rings. The quantitative estimate of drug-likeness (QED) is 0.504. The third kappa shape index (κ3) is 5.58. The first-order chi connectivity index (χ1) is 9.95. The van der Waals surface area contributed by atoms with Crippen LogP contribution in [0.2, 0.25) is 0 Å². The van der Waals surface area contributed by atoms with Gasteiger partial charge in [0.05, 0.1) is 6.42 Å². The van der Waals surface area contributed by atoms with Crippen molar-refractivity contribution in [2.45, 2.75) is 44.7 Å². The molecule has 0 bridgehead atoms. The van der Waals surface area contributed by atoms with Crippen LogP contribution in [0.4, 0.5) is 4.79 Å². The molecule has 1 aliphatic rings. The fourth-order valence-electron chi connectivity index (χ4n) is 2.44. The number of aliphatic carboxylic acids is 1. The van der Waals surface area contributed by atoms with Crippen LogP contribution >= 0.6 is 0 Å². The number of carboxylic acid groups (broad SMARTS) is 1. The molecule has 0 aromatic heterocycles. The lowest BCUT2D eigenvalue weighted by atomic mass is 10.0. The van der Waals surface area contributed by atoms with Gasteiger partial charge in [-0.25, -0.2) is 9.59 Å². The lowest BCUT2D eigenvalue weighted by Crippen LogP contribution is -2.54. The highest BCUT2D eigenvalue weighted by atomic mass is 16.4. The number of rotatable bonds is 7. The predicted octanol–water partition coefficient (Wildman–Crippen LogP) is -0.511. The summed E-state index contributed by atoms with van der Waals surface area (Å²) in [6.45, 7) is 4.18. The van der Waals surface area contributed by atoms with E-state index in [0.717, 1.165) is 32.4 Å². The number of piperidine rings is 1. The summed E-state index contributed by atoms with van der Waals surface area (Å²) in [4.78, 5) is 35.9. The predicted molar refractivity (Wildman–Crippen MR) is 76.7 cm³/mol. The van der Waals surface area contributed by atoms with Crippen molar-refractivity contribution in [1.29, 1.82) is 0 Å². The Hall–Kier alpha value is -1.83. The Balaban J connectivity index is 2.69. The Labute approximate surface area is 124 Å². The lowest BCUT2D eigenvalue weighted by Gasteiger charge is -2.35. The van der Waals surface area contributed by atoms with Gasteiger partial charge in [0.1, 0.15) is 6.04 Å². The second kappa shape index (κ2) is 8.46. The van der Waals surface area contributed by atoms with E-state index in [4.69, 9.17) is 10.8 Å². The molecule has 1 aliphatic heterocycles. The third-order valence-corrected chi connectivity index (χ3v) is 3.48. The second-order valence-corrected chi connectivity index (χ2v) is 5.19. The Morgan fingerprint density at radius 2 is 2.00 bits per heavy atom. The number of hydrogen-bond donors (Lipinski definition) is 4.